The minimum atomic E-state index is -4.42. The number of aromatic amines is 1. The molecule has 0 aliphatic heterocycles. The molecule has 3 aromatic heterocycles. The second-order valence-corrected chi connectivity index (χ2v) is 8.40. The van der Waals surface area contributed by atoms with Gasteiger partial charge in [0.15, 0.2) is 11.3 Å². The second-order valence-electron chi connectivity index (χ2n) is 8.40. The summed E-state index contributed by atoms with van der Waals surface area (Å²) in [6, 6.07) is 4.37. The zero-order valence-electron chi connectivity index (χ0n) is 17.8. The van der Waals surface area contributed by atoms with Crippen LogP contribution >= 0.6 is 0 Å². The topological polar surface area (TPSA) is 102 Å². The lowest BCUT2D eigenvalue weighted by Crippen LogP contribution is -2.16. The van der Waals surface area contributed by atoms with E-state index in [1.54, 1.807) is 6.92 Å². The molecule has 8 nitrogen and oxygen atoms in total. The molecular weight excluding hydrogens is 437 g/mol. The Balaban J connectivity index is 1.62. The number of rotatable bonds is 5. The molecule has 4 aromatic rings. The molecule has 33 heavy (non-hydrogen) atoms. The zero-order chi connectivity index (χ0) is 23.2. The Labute approximate surface area is 185 Å². The minimum absolute atomic E-state index is 0.0641. The van der Waals surface area contributed by atoms with E-state index in [0.29, 0.717) is 29.4 Å². The Morgan fingerprint density at radius 1 is 1.21 bits per heavy atom. The van der Waals surface area contributed by atoms with Crippen molar-refractivity contribution >= 4 is 11.0 Å². The van der Waals surface area contributed by atoms with Gasteiger partial charge in [-0.15, -0.1) is 10.2 Å². The van der Waals surface area contributed by atoms with Crippen LogP contribution in [0.3, 0.4) is 0 Å². The molecule has 0 saturated heterocycles. The highest BCUT2D eigenvalue weighted by atomic mass is 19.4. The summed E-state index contributed by atoms with van der Waals surface area (Å²) >= 11 is 0. The fourth-order valence-electron chi connectivity index (χ4n) is 4.46. The van der Waals surface area contributed by atoms with Gasteiger partial charge in [-0.2, -0.15) is 18.3 Å². The number of alkyl halides is 3. The number of halogens is 3. The normalized spacial score (nSPS) is 16.0. The van der Waals surface area contributed by atoms with Crippen molar-refractivity contribution in [3.63, 3.8) is 0 Å². The Kier molecular flexibility index (Phi) is 5.26. The first-order valence-electron chi connectivity index (χ1n) is 10.8. The molecule has 1 aliphatic rings. The lowest BCUT2D eigenvalue weighted by atomic mass is 10.0. The van der Waals surface area contributed by atoms with Gasteiger partial charge >= 0.3 is 6.18 Å². The number of hydrogen-bond donors (Lipinski definition) is 1. The number of fused-ring (bicyclic) bond motifs is 1. The van der Waals surface area contributed by atoms with Crippen LogP contribution in [-0.2, 0) is 12.6 Å². The molecule has 1 aliphatic carbocycles. The average Bonchev–Trinajstić information content (AvgIpc) is 3.54. The monoisotopic (exact) mass is 458 g/mol. The third-order valence-electron chi connectivity index (χ3n) is 6.22. The standard InChI is InChI=1S/C22H21F3N6O2/c1-12(14-6-8-15(9-7-14)22(23,24)25)31-19-17(18(30-31)21-29-26-11-33-21)20(32)28-16(27-19)10-13-4-2-3-5-13/h6-9,11-13H,2-5,10H2,1H3,(H,27,28,32)/t12-/m0/s1. The van der Waals surface area contributed by atoms with Gasteiger partial charge in [-0.1, -0.05) is 37.8 Å². The largest absolute Gasteiger partial charge is 0.422 e. The number of benzene rings is 1. The summed E-state index contributed by atoms with van der Waals surface area (Å²) in [5.41, 5.74) is -0.00511. The Hall–Kier alpha value is -3.50. The molecule has 5 rings (SSSR count). The van der Waals surface area contributed by atoms with Crippen molar-refractivity contribution in [3.8, 4) is 11.6 Å². The van der Waals surface area contributed by atoms with Gasteiger partial charge in [-0.3, -0.25) is 4.79 Å². The summed E-state index contributed by atoms with van der Waals surface area (Å²) in [7, 11) is 0. The third kappa shape index (κ3) is 4.03. The van der Waals surface area contributed by atoms with Crippen molar-refractivity contribution in [2.75, 3.05) is 0 Å². The van der Waals surface area contributed by atoms with Crippen LogP contribution in [0.2, 0.25) is 0 Å². The van der Waals surface area contributed by atoms with E-state index in [1.165, 1.54) is 29.7 Å². The van der Waals surface area contributed by atoms with Gasteiger partial charge in [0.2, 0.25) is 6.39 Å². The number of nitrogens with zero attached hydrogens (tertiary/aromatic N) is 5. The van der Waals surface area contributed by atoms with Crippen LogP contribution in [0.15, 0.2) is 39.9 Å². The molecule has 0 unspecified atom stereocenters. The van der Waals surface area contributed by atoms with Crippen molar-refractivity contribution in [3.05, 3.63) is 58.0 Å². The molecule has 1 N–H and O–H groups in total. The molecule has 1 fully saturated rings. The minimum Gasteiger partial charge on any atom is -0.422 e. The van der Waals surface area contributed by atoms with Crippen LogP contribution in [0.1, 0.15) is 55.6 Å². The molecule has 0 spiro atoms. The third-order valence-corrected chi connectivity index (χ3v) is 6.22. The van der Waals surface area contributed by atoms with Crippen LogP contribution in [0, 0.1) is 5.92 Å². The van der Waals surface area contributed by atoms with Gasteiger partial charge < -0.3 is 9.40 Å². The summed E-state index contributed by atoms with van der Waals surface area (Å²) in [4.78, 5) is 20.6. The summed E-state index contributed by atoms with van der Waals surface area (Å²) in [6.07, 6.45) is 1.89. The van der Waals surface area contributed by atoms with Gasteiger partial charge in [0.25, 0.3) is 11.4 Å². The van der Waals surface area contributed by atoms with Crippen molar-refractivity contribution in [1.82, 2.24) is 29.9 Å². The SMILES string of the molecule is C[C@@H](c1ccc(C(F)(F)F)cc1)n1nc(-c2nnco2)c2c(=O)[nH]c(CC3CCCC3)nc21. The van der Waals surface area contributed by atoms with E-state index in [-0.39, 0.29) is 22.5 Å². The van der Waals surface area contributed by atoms with Gasteiger partial charge in [0.05, 0.1) is 11.6 Å². The summed E-state index contributed by atoms with van der Waals surface area (Å²) in [5.74, 6) is 1.09. The summed E-state index contributed by atoms with van der Waals surface area (Å²) < 4.78 is 45.7. The Morgan fingerprint density at radius 2 is 1.94 bits per heavy atom. The molecular formula is C22H21F3N6O2. The van der Waals surface area contributed by atoms with Crippen LogP contribution in [-0.4, -0.2) is 29.9 Å². The lowest BCUT2D eigenvalue weighted by molar-refractivity contribution is -0.137. The molecule has 0 radical (unpaired) electrons. The Morgan fingerprint density at radius 3 is 2.58 bits per heavy atom. The fraction of sp³-hybridized carbons (Fsp3) is 0.409. The quantitative estimate of drug-likeness (QED) is 0.471. The zero-order valence-corrected chi connectivity index (χ0v) is 17.8. The van der Waals surface area contributed by atoms with E-state index < -0.39 is 17.8 Å². The number of aromatic nitrogens is 6. The van der Waals surface area contributed by atoms with Crippen LogP contribution in [0.4, 0.5) is 13.2 Å². The molecule has 1 atom stereocenters. The smallest absolute Gasteiger partial charge is 0.416 e. The van der Waals surface area contributed by atoms with Crippen LogP contribution in [0.5, 0.6) is 0 Å². The highest BCUT2D eigenvalue weighted by Crippen LogP contribution is 2.32. The maximum atomic E-state index is 13.1. The molecule has 1 saturated carbocycles. The van der Waals surface area contributed by atoms with Crippen molar-refractivity contribution < 1.29 is 17.6 Å². The van der Waals surface area contributed by atoms with E-state index in [4.69, 9.17) is 9.40 Å². The first-order valence-corrected chi connectivity index (χ1v) is 10.8. The van der Waals surface area contributed by atoms with E-state index in [2.05, 4.69) is 20.3 Å². The van der Waals surface area contributed by atoms with Crippen LogP contribution < -0.4 is 5.56 Å². The highest BCUT2D eigenvalue weighted by molar-refractivity contribution is 5.88. The molecule has 0 amide bonds. The van der Waals surface area contributed by atoms with Gasteiger partial charge in [0.1, 0.15) is 11.2 Å². The Bertz CT molecular complexity index is 1320. The molecule has 3 heterocycles. The summed E-state index contributed by atoms with van der Waals surface area (Å²) in [5, 5.41) is 12.3. The molecule has 1 aromatic carbocycles. The predicted octanol–water partition coefficient (Wildman–Crippen LogP) is 4.53. The van der Waals surface area contributed by atoms with E-state index in [0.717, 1.165) is 31.4 Å². The number of hydrogen-bond acceptors (Lipinski definition) is 6. The number of nitrogens with one attached hydrogen (secondary N) is 1. The maximum absolute atomic E-state index is 13.1. The van der Waals surface area contributed by atoms with Gasteiger partial charge in [-0.25, -0.2) is 9.67 Å². The van der Waals surface area contributed by atoms with Crippen molar-refractivity contribution in [1.29, 1.82) is 0 Å². The van der Waals surface area contributed by atoms with Gasteiger partial charge in [0, 0.05) is 6.42 Å². The van der Waals surface area contributed by atoms with Crippen LogP contribution in [0.25, 0.3) is 22.6 Å². The predicted molar refractivity (Wildman–Crippen MR) is 112 cm³/mol. The van der Waals surface area contributed by atoms with Crippen molar-refractivity contribution in [2.24, 2.45) is 5.92 Å². The molecule has 11 heteroatoms. The molecule has 172 valence electrons. The van der Waals surface area contributed by atoms with E-state index in [1.807, 2.05) is 0 Å². The fourth-order valence-corrected chi connectivity index (χ4v) is 4.46. The maximum Gasteiger partial charge on any atom is 0.416 e. The lowest BCUT2D eigenvalue weighted by Gasteiger charge is -2.15. The number of H-pyrrole nitrogens is 1. The van der Waals surface area contributed by atoms with E-state index in [9.17, 15) is 18.0 Å². The highest BCUT2D eigenvalue weighted by Gasteiger charge is 2.31. The summed E-state index contributed by atoms with van der Waals surface area (Å²) in [6.45, 7) is 1.78. The van der Waals surface area contributed by atoms with Crippen molar-refractivity contribution in [2.45, 2.75) is 51.2 Å². The van der Waals surface area contributed by atoms with E-state index >= 15 is 0 Å². The van der Waals surface area contributed by atoms with Gasteiger partial charge in [-0.05, 0) is 30.5 Å². The second kappa shape index (κ2) is 8.13. The molecule has 0 bridgehead atoms. The first-order chi connectivity index (χ1) is 15.8. The first kappa shape index (κ1) is 21.4. The average molecular weight is 458 g/mol.